The highest BCUT2D eigenvalue weighted by Gasteiger charge is 2.30. The van der Waals surface area contributed by atoms with Crippen molar-refractivity contribution in [1.82, 2.24) is 0 Å². The van der Waals surface area contributed by atoms with Gasteiger partial charge >= 0.3 is 0 Å². The first-order valence-electron chi connectivity index (χ1n) is 6.68. The number of thiol groups is 1. The average molecular weight is 281 g/mol. The minimum Gasteiger partial charge on any atom is -0.380 e. The van der Waals surface area contributed by atoms with Gasteiger partial charge in [0.05, 0.1) is 13.2 Å². The number of ether oxygens (including phenoxy) is 2. The molecule has 0 bridgehead atoms. The van der Waals surface area contributed by atoms with Crippen LogP contribution in [0.15, 0.2) is 0 Å². The second-order valence-corrected chi connectivity index (χ2v) is 4.97. The first-order valence-corrected chi connectivity index (χ1v) is 8.13. The Hall–Kier alpha value is 0.447. The lowest BCUT2D eigenvalue weighted by Crippen LogP contribution is -2.39. The van der Waals surface area contributed by atoms with E-state index in [-0.39, 0.29) is 0 Å². The third-order valence-electron chi connectivity index (χ3n) is 2.59. The summed E-state index contributed by atoms with van der Waals surface area (Å²) in [6.45, 7) is 5.71. The highest BCUT2D eigenvalue weighted by molar-refractivity contribution is 7.80. The molecule has 0 aromatic rings. The molecule has 104 valence electrons. The topological polar surface area (TPSA) is 27.7 Å². The average Bonchev–Trinajstić information content (AvgIpc) is 2.36. The lowest BCUT2D eigenvalue weighted by molar-refractivity contribution is -0.347. The van der Waals surface area contributed by atoms with E-state index in [0.29, 0.717) is 23.7 Å². The SMILES string of the molecule is CCCCOC(CCCS)(O[SiH3])OCCCC. The van der Waals surface area contributed by atoms with E-state index in [1.54, 1.807) is 0 Å². The highest BCUT2D eigenvalue weighted by atomic mass is 32.1. The van der Waals surface area contributed by atoms with Crippen molar-refractivity contribution in [2.45, 2.75) is 58.3 Å². The summed E-state index contributed by atoms with van der Waals surface area (Å²) < 4.78 is 17.2. The molecule has 17 heavy (non-hydrogen) atoms. The Morgan fingerprint density at radius 2 is 1.53 bits per heavy atom. The molecular formula is C12H28O3SSi. The van der Waals surface area contributed by atoms with E-state index in [0.717, 1.165) is 44.3 Å². The molecule has 0 saturated carbocycles. The van der Waals surface area contributed by atoms with Crippen LogP contribution in [0.25, 0.3) is 0 Å². The Morgan fingerprint density at radius 3 is 1.88 bits per heavy atom. The van der Waals surface area contributed by atoms with Crippen molar-refractivity contribution in [2.24, 2.45) is 0 Å². The predicted octanol–water partition coefficient (Wildman–Crippen LogP) is 2.28. The molecule has 0 atom stereocenters. The summed E-state index contributed by atoms with van der Waals surface area (Å²) >= 11 is 4.23. The summed E-state index contributed by atoms with van der Waals surface area (Å²) in [5.41, 5.74) is 0. The molecule has 0 aromatic carbocycles. The summed E-state index contributed by atoms with van der Waals surface area (Å²) in [4.78, 5) is 0. The molecule has 0 saturated heterocycles. The van der Waals surface area contributed by atoms with Gasteiger partial charge in [-0.2, -0.15) is 12.6 Å². The maximum atomic E-state index is 5.82. The fraction of sp³-hybridized carbons (Fsp3) is 1.00. The normalized spacial score (nSPS) is 12.2. The first-order chi connectivity index (χ1) is 8.24. The van der Waals surface area contributed by atoms with Crippen molar-refractivity contribution in [3.05, 3.63) is 0 Å². The highest BCUT2D eigenvalue weighted by Crippen LogP contribution is 2.22. The number of hydrogen-bond acceptors (Lipinski definition) is 4. The summed E-state index contributed by atoms with van der Waals surface area (Å²) in [7, 11) is 0.625. The van der Waals surface area contributed by atoms with Crippen LogP contribution in [0, 0.1) is 0 Å². The smallest absolute Gasteiger partial charge is 0.272 e. The Kier molecular flexibility index (Phi) is 11.8. The van der Waals surface area contributed by atoms with Gasteiger partial charge in [0.15, 0.2) is 10.5 Å². The second-order valence-electron chi connectivity index (χ2n) is 4.12. The van der Waals surface area contributed by atoms with Crippen LogP contribution in [-0.4, -0.2) is 35.4 Å². The van der Waals surface area contributed by atoms with Crippen molar-refractivity contribution < 1.29 is 13.9 Å². The van der Waals surface area contributed by atoms with E-state index in [4.69, 9.17) is 13.9 Å². The molecule has 3 nitrogen and oxygen atoms in total. The monoisotopic (exact) mass is 280 g/mol. The molecule has 0 aromatic heterocycles. The van der Waals surface area contributed by atoms with Crippen LogP contribution in [0.5, 0.6) is 0 Å². The van der Waals surface area contributed by atoms with Gasteiger partial charge in [-0.3, -0.25) is 0 Å². The van der Waals surface area contributed by atoms with E-state index in [1.165, 1.54) is 0 Å². The van der Waals surface area contributed by atoms with E-state index < -0.39 is 5.97 Å². The van der Waals surface area contributed by atoms with E-state index in [9.17, 15) is 0 Å². The standard InChI is InChI=1S/C12H28O3SSi/c1-3-5-9-13-12(15-17,8-7-11-16)14-10-6-4-2/h16H,3-11H2,1-2,17H3. The van der Waals surface area contributed by atoms with E-state index >= 15 is 0 Å². The van der Waals surface area contributed by atoms with Crippen molar-refractivity contribution in [3.63, 3.8) is 0 Å². The van der Waals surface area contributed by atoms with Crippen LogP contribution in [0.2, 0.25) is 0 Å². The first kappa shape index (κ1) is 17.4. The minimum absolute atomic E-state index is 0.625. The Morgan fingerprint density at radius 1 is 1.00 bits per heavy atom. The number of hydrogen-bond donors (Lipinski definition) is 1. The lowest BCUT2D eigenvalue weighted by atomic mass is 10.3. The van der Waals surface area contributed by atoms with Gasteiger partial charge in [-0.1, -0.05) is 26.7 Å². The van der Waals surface area contributed by atoms with Gasteiger partial charge in [-0.25, -0.2) is 0 Å². The van der Waals surface area contributed by atoms with Gasteiger partial charge in [0.25, 0.3) is 5.97 Å². The molecule has 0 fully saturated rings. The van der Waals surface area contributed by atoms with E-state index in [2.05, 4.69) is 26.5 Å². The third-order valence-corrected chi connectivity index (χ3v) is 3.53. The molecular weight excluding hydrogens is 252 g/mol. The molecule has 0 aliphatic heterocycles. The van der Waals surface area contributed by atoms with Crippen LogP contribution in [-0.2, 0) is 13.9 Å². The summed E-state index contributed by atoms with van der Waals surface area (Å²) in [6, 6.07) is 0. The quantitative estimate of drug-likeness (QED) is 0.257. The van der Waals surface area contributed by atoms with Gasteiger partial charge in [0.1, 0.15) is 0 Å². The van der Waals surface area contributed by atoms with Crippen molar-refractivity contribution >= 4 is 23.1 Å². The molecule has 0 N–H and O–H groups in total. The summed E-state index contributed by atoms with van der Waals surface area (Å²) in [6.07, 6.45) is 6.06. The predicted molar refractivity (Wildman–Crippen MR) is 78.6 cm³/mol. The zero-order valence-electron chi connectivity index (χ0n) is 11.5. The fourth-order valence-corrected chi connectivity index (χ4v) is 2.04. The van der Waals surface area contributed by atoms with Crippen LogP contribution in [0.1, 0.15) is 52.4 Å². The van der Waals surface area contributed by atoms with Crippen molar-refractivity contribution in [2.75, 3.05) is 19.0 Å². The largest absolute Gasteiger partial charge is 0.380 e. The Labute approximate surface area is 115 Å². The summed E-state index contributed by atoms with van der Waals surface area (Å²) in [5.74, 6) is 0.0419. The minimum atomic E-state index is -0.792. The molecule has 5 heteroatoms. The third kappa shape index (κ3) is 8.21. The Balaban J connectivity index is 4.17. The molecule has 0 rings (SSSR count). The Bertz CT molecular complexity index is 160. The van der Waals surface area contributed by atoms with E-state index in [1.807, 2.05) is 0 Å². The van der Waals surface area contributed by atoms with Crippen molar-refractivity contribution in [3.8, 4) is 0 Å². The zero-order valence-corrected chi connectivity index (χ0v) is 14.4. The van der Waals surface area contributed by atoms with Crippen molar-refractivity contribution in [1.29, 1.82) is 0 Å². The number of rotatable bonds is 12. The molecule has 0 heterocycles. The zero-order chi connectivity index (χ0) is 13.0. The van der Waals surface area contributed by atoms with Gasteiger partial charge in [-0.05, 0) is 25.0 Å². The van der Waals surface area contributed by atoms with Gasteiger partial charge in [0.2, 0.25) is 0 Å². The van der Waals surface area contributed by atoms with Gasteiger partial charge in [0, 0.05) is 6.42 Å². The van der Waals surface area contributed by atoms with Gasteiger partial charge in [-0.15, -0.1) is 0 Å². The number of unbranched alkanes of at least 4 members (excludes halogenated alkanes) is 2. The molecule has 0 spiro atoms. The lowest BCUT2D eigenvalue weighted by Gasteiger charge is -2.32. The van der Waals surface area contributed by atoms with Crippen LogP contribution in [0.3, 0.4) is 0 Å². The molecule has 0 unspecified atom stereocenters. The molecule has 0 aliphatic carbocycles. The van der Waals surface area contributed by atoms with Crippen LogP contribution >= 0.6 is 12.6 Å². The molecule has 0 aliphatic rings. The summed E-state index contributed by atoms with van der Waals surface area (Å²) in [5, 5.41) is 0. The second kappa shape index (κ2) is 11.5. The molecule has 0 amide bonds. The van der Waals surface area contributed by atoms with Crippen LogP contribution in [0.4, 0.5) is 0 Å². The maximum Gasteiger partial charge on any atom is 0.272 e. The molecule has 0 radical (unpaired) electrons. The maximum absolute atomic E-state index is 5.82. The fourth-order valence-electron chi connectivity index (χ4n) is 1.45. The van der Waals surface area contributed by atoms with Crippen LogP contribution < -0.4 is 0 Å². The van der Waals surface area contributed by atoms with Gasteiger partial charge < -0.3 is 13.9 Å².